The van der Waals surface area contributed by atoms with Gasteiger partial charge in [0.25, 0.3) is 20.2 Å². The molecule has 2 atom stereocenters. The van der Waals surface area contributed by atoms with Gasteiger partial charge < -0.3 is 9.84 Å². The van der Waals surface area contributed by atoms with Crippen LogP contribution in [0.3, 0.4) is 0 Å². The summed E-state index contributed by atoms with van der Waals surface area (Å²) in [7, 11) is -9.64. The summed E-state index contributed by atoms with van der Waals surface area (Å²) in [5.41, 5.74) is -0.521. The van der Waals surface area contributed by atoms with Crippen molar-refractivity contribution in [2.24, 2.45) is 0 Å². The van der Waals surface area contributed by atoms with Crippen molar-refractivity contribution in [3.05, 3.63) is 107 Å². The molecule has 0 bridgehead atoms. The second-order valence-electron chi connectivity index (χ2n) is 10.5. The van der Waals surface area contributed by atoms with Gasteiger partial charge in [0.1, 0.15) is 11.5 Å². The van der Waals surface area contributed by atoms with Crippen LogP contribution >= 0.6 is 0 Å². The summed E-state index contributed by atoms with van der Waals surface area (Å²) in [6.45, 7) is 0. The van der Waals surface area contributed by atoms with Crippen LogP contribution in [0, 0.1) is 0 Å². The maximum absolute atomic E-state index is 14.7. The fraction of sp³-hybridized carbons (Fsp3) is 0.172. The monoisotopic (exact) mass is 672 g/mol. The Hall–Kier alpha value is -4.12. The summed E-state index contributed by atoms with van der Waals surface area (Å²) in [6.07, 6.45) is -3.99. The summed E-state index contributed by atoms with van der Waals surface area (Å²) in [4.78, 5) is -1.15. The molecule has 45 heavy (non-hydrogen) atoms. The van der Waals surface area contributed by atoms with Gasteiger partial charge >= 0.3 is 17.7 Å². The zero-order valence-corrected chi connectivity index (χ0v) is 23.8. The van der Waals surface area contributed by atoms with E-state index in [2.05, 4.69) is 4.74 Å². The molecule has 4 aromatic rings. The largest absolute Gasteiger partial charge is 0.508 e. The molecular formula is C29H18F6O8S2. The molecule has 236 valence electrons. The molecular weight excluding hydrogens is 654 g/mol. The van der Waals surface area contributed by atoms with E-state index in [1.165, 1.54) is 36.4 Å². The molecule has 3 N–H and O–H groups in total. The van der Waals surface area contributed by atoms with Crippen LogP contribution in [-0.2, 0) is 25.7 Å². The standard InChI is InChI=1S/C29H18F6O8S2/c30-25-27(31,32)29(34,35)28(25,33)43-18-7-3-16(4-8-18)26(15-1-5-17(36)6-2-15)23-13-19(44(37,38)39)9-11-21(23)22-12-10-20(14-24(22)26)45(40,41)42/h1-14,25,36H,(H,37,38,39)(H,40,41,42). The van der Waals surface area contributed by atoms with Gasteiger partial charge in [0.15, 0.2) is 0 Å². The minimum absolute atomic E-state index is 0.0934. The van der Waals surface area contributed by atoms with E-state index >= 15 is 0 Å². The van der Waals surface area contributed by atoms with Crippen LogP contribution in [0.15, 0.2) is 94.7 Å². The third kappa shape index (κ3) is 4.19. The molecule has 16 heteroatoms. The van der Waals surface area contributed by atoms with Gasteiger partial charge in [0.2, 0.25) is 6.17 Å². The minimum atomic E-state index is -5.51. The average Bonchev–Trinajstić information content (AvgIpc) is 3.26. The highest BCUT2D eigenvalue weighted by molar-refractivity contribution is 7.86. The Labute approximate surface area is 251 Å². The van der Waals surface area contributed by atoms with Crippen molar-refractivity contribution in [2.45, 2.75) is 39.1 Å². The Kier molecular flexibility index (Phi) is 6.48. The van der Waals surface area contributed by atoms with Crippen molar-refractivity contribution in [3.8, 4) is 22.6 Å². The topological polar surface area (TPSA) is 138 Å². The van der Waals surface area contributed by atoms with Crippen LogP contribution in [-0.4, -0.2) is 54.9 Å². The summed E-state index contributed by atoms with van der Waals surface area (Å²) >= 11 is 0. The average molecular weight is 673 g/mol. The lowest BCUT2D eigenvalue weighted by molar-refractivity contribution is -0.445. The number of alkyl halides is 6. The highest BCUT2D eigenvalue weighted by atomic mass is 32.2. The molecule has 0 spiro atoms. The molecule has 2 aliphatic carbocycles. The molecule has 0 radical (unpaired) electrons. The molecule has 1 saturated carbocycles. The minimum Gasteiger partial charge on any atom is -0.508 e. The quantitative estimate of drug-likeness (QED) is 0.150. The second kappa shape index (κ2) is 9.45. The van der Waals surface area contributed by atoms with Crippen molar-refractivity contribution in [1.29, 1.82) is 0 Å². The maximum Gasteiger partial charge on any atom is 0.384 e. The molecule has 8 nitrogen and oxygen atoms in total. The Morgan fingerprint density at radius 3 is 1.47 bits per heavy atom. The summed E-state index contributed by atoms with van der Waals surface area (Å²) in [5, 5.41) is 10.00. The highest BCUT2D eigenvalue weighted by Crippen LogP contribution is 2.62. The lowest BCUT2D eigenvalue weighted by Crippen LogP contribution is -2.80. The Balaban J connectivity index is 1.62. The molecule has 0 heterocycles. The van der Waals surface area contributed by atoms with Crippen LogP contribution in [0.2, 0.25) is 0 Å². The molecule has 4 aromatic carbocycles. The van der Waals surface area contributed by atoms with Gasteiger partial charge in [-0.3, -0.25) is 9.11 Å². The predicted octanol–water partition coefficient (Wildman–Crippen LogP) is 5.92. The molecule has 0 saturated heterocycles. The van der Waals surface area contributed by atoms with E-state index < -0.39 is 65.1 Å². The lowest BCUT2D eigenvalue weighted by Gasteiger charge is -2.49. The summed E-state index contributed by atoms with van der Waals surface area (Å²) in [5.74, 6) is -16.5. The van der Waals surface area contributed by atoms with Crippen molar-refractivity contribution in [2.75, 3.05) is 0 Å². The smallest absolute Gasteiger partial charge is 0.384 e. The number of benzene rings is 4. The predicted molar refractivity (Wildman–Crippen MR) is 144 cm³/mol. The number of hydrogen-bond acceptors (Lipinski definition) is 6. The number of phenolic OH excluding ortho intramolecular Hbond substituents is 1. The number of phenols is 1. The number of ether oxygens (including phenoxy) is 1. The van der Waals surface area contributed by atoms with Gasteiger partial charge in [0.05, 0.1) is 15.2 Å². The SMILES string of the molecule is O=S(=O)(O)c1ccc2c(c1)C(c1ccc(O)cc1)(c1ccc(OC3(F)C(F)C(F)(F)C3(F)F)cc1)c1cc(S(=O)(=O)O)ccc1-2. The van der Waals surface area contributed by atoms with Gasteiger partial charge in [-0.2, -0.15) is 38.8 Å². The van der Waals surface area contributed by atoms with Crippen molar-refractivity contribution in [1.82, 2.24) is 0 Å². The zero-order valence-electron chi connectivity index (χ0n) is 22.1. The molecule has 1 fully saturated rings. The van der Waals surface area contributed by atoms with Crippen LogP contribution in [0.1, 0.15) is 22.3 Å². The molecule has 6 rings (SSSR count). The Bertz CT molecular complexity index is 2000. The summed E-state index contributed by atoms with van der Waals surface area (Å²) in [6, 6.07) is 16.3. The first-order valence-electron chi connectivity index (χ1n) is 12.7. The molecule has 2 aliphatic rings. The Morgan fingerprint density at radius 2 is 1.07 bits per heavy atom. The van der Waals surface area contributed by atoms with E-state index in [1.54, 1.807) is 0 Å². The first-order chi connectivity index (χ1) is 20.8. The van der Waals surface area contributed by atoms with E-state index in [-0.39, 0.29) is 28.0 Å². The number of hydrogen-bond donors (Lipinski definition) is 3. The van der Waals surface area contributed by atoms with Gasteiger partial charge in [-0.25, -0.2) is 4.39 Å². The fourth-order valence-electron chi connectivity index (χ4n) is 5.86. The second-order valence-corrected chi connectivity index (χ2v) is 13.3. The third-order valence-corrected chi connectivity index (χ3v) is 9.72. The lowest BCUT2D eigenvalue weighted by atomic mass is 9.67. The van der Waals surface area contributed by atoms with Crippen LogP contribution < -0.4 is 4.74 Å². The van der Waals surface area contributed by atoms with Gasteiger partial charge in [0, 0.05) is 0 Å². The molecule has 0 amide bonds. The normalized spacial score (nSPS) is 22.6. The van der Waals surface area contributed by atoms with E-state index in [0.29, 0.717) is 11.1 Å². The van der Waals surface area contributed by atoms with Crippen LogP contribution in [0.25, 0.3) is 11.1 Å². The molecule has 0 aliphatic heterocycles. The number of aromatic hydroxyl groups is 1. The fourth-order valence-corrected chi connectivity index (χ4v) is 6.88. The van der Waals surface area contributed by atoms with Crippen molar-refractivity contribution in [3.63, 3.8) is 0 Å². The number of rotatable bonds is 6. The van der Waals surface area contributed by atoms with E-state index in [4.69, 9.17) is 0 Å². The number of halogens is 6. The molecule has 2 unspecified atom stereocenters. The first-order valence-corrected chi connectivity index (χ1v) is 15.6. The third-order valence-electron chi connectivity index (χ3n) is 8.02. The summed E-state index contributed by atoms with van der Waals surface area (Å²) < 4.78 is 156. The van der Waals surface area contributed by atoms with Gasteiger partial charge in [-0.15, -0.1) is 0 Å². The van der Waals surface area contributed by atoms with Crippen molar-refractivity contribution < 1.29 is 62.1 Å². The highest BCUT2D eigenvalue weighted by Gasteiger charge is 2.92. The Morgan fingerprint density at radius 1 is 0.644 bits per heavy atom. The van der Waals surface area contributed by atoms with E-state index in [0.717, 1.165) is 48.5 Å². The first kappa shape index (κ1) is 30.9. The number of fused-ring (bicyclic) bond motifs is 3. The van der Waals surface area contributed by atoms with Gasteiger partial charge in [-0.05, 0) is 81.9 Å². The van der Waals surface area contributed by atoms with Gasteiger partial charge in [-0.1, -0.05) is 36.4 Å². The zero-order chi connectivity index (χ0) is 33.0. The molecule has 0 aromatic heterocycles. The van der Waals surface area contributed by atoms with Crippen molar-refractivity contribution >= 4 is 20.2 Å². The van der Waals surface area contributed by atoms with E-state index in [1.807, 2.05) is 0 Å². The van der Waals surface area contributed by atoms with E-state index in [9.17, 15) is 57.4 Å². The van der Waals surface area contributed by atoms with Crippen LogP contribution in [0.5, 0.6) is 11.5 Å². The van der Waals surface area contributed by atoms with Crippen LogP contribution in [0.4, 0.5) is 26.3 Å². The maximum atomic E-state index is 14.7.